The van der Waals surface area contributed by atoms with E-state index in [2.05, 4.69) is 43.0 Å². The molecule has 1 aromatic carbocycles. The molecule has 0 fully saturated rings. The fraction of sp³-hybridized carbons (Fsp3) is 0. The number of benzene rings is 1. The van der Waals surface area contributed by atoms with Crippen LogP contribution in [0.2, 0.25) is 0 Å². The summed E-state index contributed by atoms with van der Waals surface area (Å²) in [5, 5.41) is 0. The van der Waals surface area contributed by atoms with Crippen LogP contribution in [0.4, 0.5) is 0 Å². The third-order valence-electron chi connectivity index (χ3n) is 1.48. The van der Waals surface area contributed by atoms with Gasteiger partial charge in [-0.05, 0) is 44.0 Å². The van der Waals surface area contributed by atoms with Gasteiger partial charge < -0.3 is 9.15 Å². The Balaban J connectivity index is 2.33. The van der Waals surface area contributed by atoms with Crippen LogP contribution in [0.5, 0.6) is 11.8 Å². The number of para-hydroxylation sites is 1. The molecule has 1 aromatic heterocycles. The first-order valence-electron chi connectivity index (χ1n) is 3.71. The van der Waals surface area contributed by atoms with Gasteiger partial charge in [0.25, 0.3) is 0 Å². The van der Waals surface area contributed by atoms with Crippen molar-refractivity contribution in [3.05, 3.63) is 39.6 Å². The molecule has 0 amide bonds. The third kappa shape index (κ3) is 1.99. The van der Waals surface area contributed by atoms with Gasteiger partial charge in [0, 0.05) is 0 Å². The Morgan fingerprint density at radius 2 is 2.00 bits per heavy atom. The zero-order valence-corrected chi connectivity index (χ0v) is 10.0. The van der Waals surface area contributed by atoms with Crippen molar-refractivity contribution in [2.24, 2.45) is 0 Å². The lowest BCUT2D eigenvalue weighted by Crippen LogP contribution is -1.86. The molecule has 0 N–H and O–H groups in total. The van der Waals surface area contributed by atoms with Crippen LogP contribution in [-0.4, -0.2) is 4.98 Å². The Morgan fingerprint density at radius 1 is 1.29 bits per heavy atom. The first-order valence-corrected chi connectivity index (χ1v) is 5.29. The van der Waals surface area contributed by atoms with Gasteiger partial charge in [-0.3, -0.25) is 0 Å². The smallest absolute Gasteiger partial charge is 0.399 e. The van der Waals surface area contributed by atoms with Gasteiger partial charge in [-0.2, -0.15) is 4.98 Å². The predicted octanol–water partition coefficient (Wildman–Crippen LogP) is 3.79. The standard InChI is InChI=1S/C9H4Br2NO2/c10-6-2-1-3-7(11)8(6)14-9-12-4-5-13-9/h1-3,5H. The molecule has 0 aliphatic rings. The second kappa shape index (κ2) is 4.14. The van der Waals surface area contributed by atoms with Gasteiger partial charge in [0.15, 0.2) is 5.75 Å². The Kier molecular flexibility index (Phi) is 2.88. The van der Waals surface area contributed by atoms with Crippen LogP contribution in [0, 0.1) is 6.20 Å². The molecule has 0 bridgehead atoms. The number of halogens is 2. The zero-order chi connectivity index (χ0) is 9.97. The first kappa shape index (κ1) is 9.73. The van der Waals surface area contributed by atoms with Crippen molar-refractivity contribution in [1.29, 1.82) is 0 Å². The summed E-state index contributed by atoms with van der Waals surface area (Å²) in [4.78, 5) is 3.74. The summed E-state index contributed by atoms with van der Waals surface area (Å²) in [6.45, 7) is 0. The molecule has 1 heterocycles. The number of oxazole rings is 1. The van der Waals surface area contributed by atoms with E-state index in [0.717, 1.165) is 8.95 Å². The Morgan fingerprint density at radius 3 is 2.57 bits per heavy atom. The maximum absolute atomic E-state index is 5.38. The molecule has 14 heavy (non-hydrogen) atoms. The van der Waals surface area contributed by atoms with Gasteiger partial charge in [0.05, 0.1) is 8.95 Å². The lowest BCUT2D eigenvalue weighted by atomic mass is 10.3. The minimum absolute atomic E-state index is 0.164. The average molecular weight is 318 g/mol. The molecule has 1 radical (unpaired) electrons. The number of hydrogen-bond acceptors (Lipinski definition) is 3. The second-order valence-corrected chi connectivity index (χ2v) is 4.10. The van der Waals surface area contributed by atoms with E-state index >= 15 is 0 Å². The van der Waals surface area contributed by atoms with Crippen molar-refractivity contribution in [2.75, 3.05) is 0 Å². The summed E-state index contributed by atoms with van der Waals surface area (Å²) in [5.74, 6) is 0.628. The topological polar surface area (TPSA) is 35.3 Å². The second-order valence-electron chi connectivity index (χ2n) is 2.40. The molecule has 71 valence electrons. The van der Waals surface area contributed by atoms with E-state index < -0.39 is 0 Å². The van der Waals surface area contributed by atoms with E-state index in [1.54, 1.807) is 0 Å². The highest BCUT2D eigenvalue weighted by Gasteiger charge is 2.09. The highest BCUT2D eigenvalue weighted by Crippen LogP contribution is 2.35. The number of nitrogens with zero attached hydrogens (tertiary/aromatic N) is 1. The Labute approximate surface area is 97.4 Å². The number of aromatic nitrogens is 1. The molecule has 0 saturated carbocycles. The summed E-state index contributed by atoms with van der Waals surface area (Å²) in [7, 11) is 0. The van der Waals surface area contributed by atoms with E-state index in [-0.39, 0.29) is 6.08 Å². The Hall–Kier alpha value is -0.810. The number of rotatable bonds is 2. The van der Waals surface area contributed by atoms with Crippen LogP contribution < -0.4 is 4.74 Å². The molecule has 0 unspecified atom stereocenters. The summed E-state index contributed by atoms with van der Waals surface area (Å²) in [6, 6.07) is 5.63. The highest BCUT2D eigenvalue weighted by molar-refractivity contribution is 9.11. The van der Waals surface area contributed by atoms with Gasteiger partial charge >= 0.3 is 6.08 Å². The summed E-state index contributed by atoms with van der Waals surface area (Å²) < 4.78 is 11.9. The Bertz CT molecular complexity index is 408. The molecule has 3 nitrogen and oxygen atoms in total. The van der Waals surface area contributed by atoms with Gasteiger partial charge in [0.2, 0.25) is 0 Å². The van der Waals surface area contributed by atoms with E-state index in [0.29, 0.717) is 5.75 Å². The van der Waals surface area contributed by atoms with Crippen LogP contribution >= 0.6 is 31.9 Å². The number of hydrogen-bond donors (Lipinski definition) is 0. The minimum Gasteiger partial charge on any atom is -0.417 e. The fourth-order valence-electron chi connectivity index (χ4n) is 0.896. The van der Waals surface area contributed by atoms with Crippen molar-refractivity contribution >= 4 is 31.9 Å². The minimum atomic E-state index is 0.164. The lowest BCUT2D eigenvalue weighted by Gasteiger charge is -2.04. The van der Waals surface area contributed by atoms with Crippen LogP contribution in [0.15, 0.2) is 37.8 Å². The van der Waals surface area contributed by atoms with E-state index in [4.69, 9.17) is 9.15 Å². The van der Waals surface area contributed by atoms with Crippen molar-refractivity contribution in [2.45, 2.75) is 0 Å². The normalized spacial score (nSPS) is 10.1. The number of ether oxygens (including phenoxy) is 1. The summed E-state index contributed by atoms with van der Waals surface area (Å²) in [6.07, 6.45) is 4.01. The van der Waals surface area contributed by atoms with Crippen LogP contribution in [-0.2, 0) is 0 Å². The van der Waals surface area contributed by atoms with Gasteiger partial charge in [0.1, 0.15) is 12.5 Å². The van der Waals surface area contributed by atoms with E-state index in [1.165, 1.54) is 6.26 Å². The van der Waals surface area contributed by atoms with Crippen LogP contribution in [0.1, 0.15) is 0 Å². The predicted molar refractivity (Wildman–Crippen MR) is 57.3 cm³/mol. The van der Waals surface area contributed by atoms with Crippen molar-refractivity contribution in [1.82, 2.24) is 4.98 Å². The molecular formula is C9H4Br2NO2. The average Bonchev–Trinajstić information content (AvgIpc) is 2.64. The van der Waals surface area contributed by atoms with Crippen molar-refractivity contribution < 1.29 is 9.15 Å². The van der Waals surface area contributed by atoms with Gasteiger partial charge in [-0.15, -0.1) is 0 Å². The third-order valence-corrected chi connectivity index (χ3v) is 2.73. The molecule has 2 aromatic rings. The van der Waals surface area contributed by atoms with Crippen molar-refractivity contribution in [3.63, 3.8) is 0 Å². The molecule has 5 heteroatoms. The molecular weight excluding hydrogens is 314 g/mol. The largest absolute Gasteiger partial charge is 0.417 e. The van der Waals surface area contributed by atoms with E-state index in [9.17, 15) is 0 Å². The summed E-state index contributed by atoms with van der Waals surface area (Å²) >= 11 is 6.72. The fourth-order valence-corrected chi connectivity index (χ4v) is 2.06. The quantitative estimate of drug-likeness (QED) is 0.845. The molecule has 2 rings (SSSR count). The van der Waals surface area contributed by atoms with Gasteiger partial charge in [-0.25, -0.2) is 0 Å². The monoisotopic (exact) mass is 316 g/mol. The maximum Gasteiger partial charge on any atom is 0.399 e. The SMILES string of the molecule is Brc1cccc(Br)c1Oc1n[c]co1. The molecule has 0 spiro atoms. The highest BCUT2D eigenvalue weighted by atomic mass is 79.9. The van der Waals surface area contributed by atoms with Gasteiger partial charge in [-0.1, -0.05) is 6.07 Å². The lowest BCUT2D eigenvalue weighted by molar-refractivity contribution is 0.328. The molecule has 0 atom stereocenters. The zero-order valence-electron chi connectivity index (χ0n) is 6.83. The maximum atomic E-state index is 5.38. The molecule has 0 aliphatic carbocycles. The van der Waals surface area contributed by atoms with E-state index in [1.807, 2.05) is 18.2 Å². The van der Waals surface area contributed by atoms with Crippen molar-refractivity contribution in [3.8, 4) is 11.8 Å². The van der Waals surface area contributed by atoms with Crippen LogP contribution in [0.25, 0.3) is 0 Å². The molecule has 0 aliphatic heterocycles. The molecule has 0 saturated heterocycles. The summed E-state index contributed by atoms with van der Waals surface area (Å²) in [5.41, 5.74) is 0. The first-order chi connectivity index (χ1) is 6.77. The van der Waals surface area contributed by atoms with Crippen LogP contribution in [0.3, 0.4) is 0 Å².